The summed E-state index contributed by atoms with van der Waals surface area (Å²) in [4.78, 5) is 16.7. The summed E-state index contributed by atoms with van der Waals surface area (Å²) in [6.45, 7) is 8.28. The van der Waals surface area contributed by atoms with Gasteiger partial charge in [0.05, 0.1) is 0 Å². The van der Waals surface area contributed by atoms with Gasteiger partial charge in [-0.2, -0.15) is 0 Å². The number of piperazine rings is 1. The van der Waals surface area contributed by atoms with Gasteiger partial charge in [-0.05, 0) is 54.8 Å². The molecule has 2 heterocycles. The first-order valence-corrected chi connectivity index (χ1v) is 9.27. The number of fused-ring (bicyclic) bond motifs is 1. The molecule has 1 saturated heterocycles. The Morgan fingerprint density at radius 2 is 1.70 bits per heavy atom. The molecule has 0 radical (unpaired) electrons. The maximum absolute atomic E-state index is 13.1. The SMILES string of the molecule is Cc1ccc2c(CN3CCN(c4ccc(F)cc4)CC3)cc(=O)oc2c1C. The van der Waals surface area contributed by atoms with Crippen molar-refractivity contribution >= 4 is 16.7 Å². The number of hydrogen-bond donors (Lipinski definition) is 0. The Morgan fingerprint density at radius 3 is 2.41 bits per heavy atom. The van der Waals surface area contributed by atoms with E-state index in [9.17, 15) is 9.18 Å². The lowest BCUT2D eigenvalue weighted by Crippen LogP contribution is -2.46. The van der Waals surface area contributed by atoms with E-state index < -0.39 is 0 Å². The van der Waals surface area contributed by atoms with Gasteiger partial charge in [-0.15, -0.1) is 0 Å². The van der Waals surface area contributed by atoms with Crippen molar-refractivity contribution in [2.24, 2.45) is 0 Å². The number of anilines is 1. The molecule has 0 unspecified atom stereocenters. The van der Waals surface area contributed by atoms with Crippen LogP contribution >= 0.6 is 0 Å². The molecular formula is C22H23FN2O2. The molecule has 4 rings (SSSR count). The maximum Gasteiger partial charge on any atom is 0.336 e. The Kier molecular flexibility index (Phi) is 4.70. The predicted octanol–water partition coefficient (Wildman–Crippen LogP) is 3.87. The Balaban J connectivity index is 1.52. The molecule has 27 heavy (non-hydrogen) atoms. The van der Waals surface area contributed by atoms with Gasteiger partial charge < -0.3 is 9.32 Å². The van der Waals surface area contributed by atoms with Gasteiger partial charge in [-0.1, -0.05) is 12.1 Å². The number of nitrogens with zero attached hydrogens (tertiary/aromatic N) is 2. The topological polar surface area (TPSA) is 36.7 Å². The van der Waals surface area contributed by atoms with E-state index in [-0.39, 0.29) is 11.4 Å². The number of benzene rings is 2. The molecule has 5 heteroatoms. The highest BCUT2D eigenvalue weighted by Gasteiger charge is 2.19. The molecule has 0 atom stereocenters. The first kappa shape index (κ1) is 17.7. The first-order chi connectivity index (χ1) is 13.0. The molecular weight excluding hydrogens is 343 g/mol. The molecule has 0 N–H and O–H groups in total. The van der Waals surface area contributed by atoms with Crippen LogP contribution in [0.3, 0.4) is 0 Å². The van der Waals surface area contributed by atoms with Gasteiger partial charge in [0.15, 0.2) is 0 Å². The van der Waals surface area contributed by atoms with Crippen LogP contribution in [0, 0.1) is 19.7 Å². The van der Waals surface area contributed by atoms with Crippen LogP contribution in [-0.2, 0) is 6.54 Å². The monoisotopic (exact) mass is 366 g/mol. The van der Waals surface area contributed by atoms with Crippen LogP contribution < -0.4 is 10.5 Å². The molecule has 0 amide bonds. The average Bonchev–Trinajstić information content (AvgIpc) is 2.66. The van der Waals surface area contributed by atoms with Crippen molar-refractivity contribution in [1.29, 1.82) is 0 Å². The minimum atomic E-state index is -0.295. The van der Waals surface area contributed by atoms with E-state index in [0.717, 1.165) is 60.5 Å². The molecule has 1 aliphatic rings. The van der Waals surface area contributed by atoms with Gasteiger partial charge in [0.1, 0.15) is 11.4 Å². The second kappa shape index (κ2) is 7.16. The van der Waals surface area contributed by atoms with E-state index in [4.69, 9.17) is 4.42 Å². The summed E-state index contributed by atoms with van der Waals surface area (Å²) in [5, 5.41) is 1.01. The molecule has 2 aromatic carbocycles. The van der Waals surface area contributed by atoms with Crippen molar-refractivity contribution in [3.63, 3.8) is 0 Å². The number of rotatable bonds is 3. The van der Waals surface area contributed by atoms with Gasteiger partial charge in [0, 0.05) is 49.9 Å². The lowest BCUT2D eigenvalue weighted by atomic mass is 10.0. The Hall–Kier alpha value is -2.66. The van der Waals surface area contributed by atoms with Crippen molar-refractivity contribution in [1.82, 2.24) is 4.90 Å². The number of halogens is 1. The quantitative estimate of drug-likeness (QED) is 0.660. The Morgan fingerprint density at radius 1 is 1.00 bits per heavy atom. The van der Waals surface area contributed by atoms with Crippen LogP contribution in [0.5, 0.6) is 0 Å². The van der Waals surface area contributed by atoms with Crippen LogP contribution in [0.25, 0.3) is 11.0 Å². The van der Waals surface area contributed by atoms with E-state index >= 15 is 0 Å². The summed E-state index contributed by atoms with van der Waals surface area (Å²) in [7, 11) is 0. The fraction of sp³-hybridized carbons (Fsp3) is 0.318. The van der Waals surface area contributed by atoms with Crippen LogP contribution in [0.1, 0.15) is 16.7 Å². The highest BCUT2D eigenvalue weighted by Crippen LogP contribution is 2.25. The van der Waals surface area contributed by atoms with Crippen molar-refractivity contribution in [3.8, 4) is 0 Å². The molecule has 4 nitrogen and oxygen atoms in total. The molecule has 0 bridgehead atoms. The van der Waals surface area contributed by atoms with Crippen LogP contribution in [0.15, 0.2) is 51.7 Å². The second-order valence-electron chi connectivity index (χ2n) is 7.21. The van der Waals surface area contributed by atoms with Crippen LogP contribution in [0.4, 0.5) is 10.1 Å². The zero-order valence-electron chi connectivity index (χ0n) is 15.7. The van der Waals surface area contributed by atoms with Gasteiger partial charge in [0.25, 0.3) is 0 Å². The third kappa shape index (κ3) is 3.60. The fourth-order valence-corrected chi connectivity index (χ4v) is 3.71. The van der Waals surface area contributed by atoms with E-state index in [1.807, 2.05) is 32.0 Å². The molecule has 0 spiro atoms. The van der Waals surface area contributed by atoms with Crippen LogP contribution in [-0.4, -0.2) is 31.1 Å². The van der Waals surface area contributed by atoms with Gasteiger partial charge in [-0.3, -0.25) is 4.90 Å². The van der Waals surface area contributed by atoms with Crippen molar-refractivity contribution in [2.75, 3.05) is 31.1 Å². The van der Waals surface area contributed by atoms with E-state index in [1.165, 1.54) is 12.1 Å². The number of aryl methyl sites for hydroxylation is 2. The van der Waals surface area contributed by atoms with Crippen molar-refractivity contribution in [3.05, 3.63) is 75.4 Å². The molecule has 3 aromatic rings. The maximum atomic E-state index is 13.1. The standard InChI is InChI=1S/C22H23FN2O2/c1-15-3-8-20-17(13-21(26)27-22(20)16(15)2)14-24-9-11-25(12-10-24)19-6-4-18(23)5-7-19/h3-8,13H,9-12,14H2,1-2H3. The molecule has 0 saturated carbocycles. The minimum absolute atomic E-state index is 0.210. The summed E-state index contributed by atoms with van der Waals surface area (Å²) in [6.07, 6.45) is 0. The van der Waals surface area contributed by atoms with Crippen molar-refractivity contribution in [2.45, 2.75) is 20.4 Å². The van der Waals surface area contributed by atoms with Gasteiger partial charge in [-0.25, -0.2) is 9.18 Å². The van der Waals surface area contributed by atoms with Crippen LogP contribution in [0.2, 0.25) is 0 Å². The van der Waals surface area contributed by atoms with E-state index in [0.29, 0.717) is 5.58 Å². The van der Waals surface area contributed by atoms with E-state index in [2.05, 4.69) is 15.9 Å². The summed E-state index contributed by atoms with van der Waals surface area (Å²) in [5.41, 5.74) is 4.61. The third-order valence-corrected chi connectivity index (χ3v) is 5.48. The predicted molar refractivity (Wildman–Crippen MR) is 106 cm³/mol. The van der Waals surface area contributed by atoms with Crippen molar-refractivity contribution < 1.29 is 8.81 Å². The lowest BCUT2D eigenvalue weighted by molar-refractivity contribution is 0.250. The highest BCUT2D eigenvalue weighted by molar-refractivity contribution is 5.83. The molecule has 1 aliphatic heterocycles. The summed E-state index contributed by atoms with van der Waals surface area (Å²) >= 11 is 0. The molecule has 1 fully saturated rings. The Bertz CT molecular complexity index is 1020. The lowest BCUT2D eigenvalue weighted by Gasteiger charge is -2.36. The van der Waals surface area contributed by atoms with Gasteiger partial charge >= 0.3 is 5.63 Å². The smallest absolute Gasteiger partial charge is 0.336 e. The zero-order valence-corrected chi connectivity index (χ0v) is 15.7. The second-order valence-corrected chi connectivity index (χ2v) is 7.21. The summed E-state index contributed by atoms with van der Waals surface area (Å²) < 4.78 is 18.6. The minimum Gasteiger partial charge on any atom is -0.422 e. The Labute approximate surface area is 157 Å². The molecule has 140 valence electrons. The largest absolute Gasteiger partial charge is 0.422 e. The van der Waals surface area contributed by atoms with E-state index in [1.54, 1.807) is 6.07 Å². The number of hydrogen-bond acceptors (Lipinski definition) is 4. The fourth-order valence-electron chi connectivity index (χ4n) is 3.71. The average molecular weight is 366 g/mol. The van der Waals surface area contributed by atoms with Gasteiger partial charge in [0.2, 0.25) is 0 Å². The first-order valence-electron chi connectivity index (χ1n) is 9.27. The molecule has 1 aromatic heterocycles. The third-order valence-electron chi connectivity index (χ3n) is 5.48. The zero-order chi connectivity index (χ0) is 19.0. The molecule has 0 aliphatic carbocycles. The highest BCUT2D eigenvalue weighted by atomic mass is 19.1. The summed E-state index contributed by atoms with van der Waals surface area (Å²) in [5.74, 6) is -0.210. The summed E-state index contributed by atoms with van der Waals surface area (Å²) in [6, 6.07) is 12.4. The normalized spacial score (nSPS) is 15.4.